The highest BCUT2D eigenvalue weighted by Gasteiger charge is 2.33. The first-order chi connectivity index (χ1) is 12.6. The van der Waals surface area contributed by atoms with E-state index in [-0.39, 0.29) is 12.0 Å². The summed E-state index contributed by atoms with van der Waals surface area (Å²) in [5.74, 6) is 0.847. The SMILES string of the molecule is CCCn1cnc(CC2OC(C)CN(Cc3ccc(OC)cc3)C2=O)c1. The first-order valence-corrected chi connectivity index (χ1v) is 9.17. The van der Waals surface area contributed by atoms with Gasteiger partial charge in [-0.05, 0) is 31.0 Å². The Hall–Kier alpha value is -2.34. The van der Waals surface area contributed by atoms with E-state index < -0.39 is 6.10 Å². The summed E-state index contributed by atoms with van der Waals surface area (Å²) in [6.45, 7) is 6.26. The second kappa shape index (κ2) is 8.36. The molecule has 0 bridgehead atoms. The van der Waals surface area contributed by atoms with Crippen molar-refractivity contribution in [3.63, 3.8) is 0 Å². The standard InChI is InChI=1S/C20H27N3O3/c1-4-9-22-13-17(21-14-22)10-19-20(24)23(11-15(2)26-19)12-16-5-7-18(25-3)8-6-16/h5-8,13-15,19H,4,9-12H2,1-3H3. The van der Waals surface area contributed by atoms with Crippen LogP contribution in [0.5, 0.6) is 5.75 Å². The fraction of sp³-hybridized carbons (Fsp3) is 0.500. The third-order valence-corrected chi connectivity index (χ3v) is 4.56. The van der Waals surface area contributed by atoms with Gasteiger partial charge in [-0.1, -0.05) is 19.1 Å². The van der Waals surface area contributed by atoms with E-state index in [0.717, 1.165) is 30.0 Å². The van der Waals surface area contributed by atoms with E-state index in [1.165, 1.54) is 0 Å². The molecule has 2 aromatic rings. The molecule has 0 radical (unpaired) electrons. The predicted molar refractivity (Wildman–Crippen MR) is 99.0 cm³/mol. The van der Waals surface area contributed by atoms with Crippen molar-refractivity contribution in [1.82, 2.24) is 14.5 Å². The molecule has 3 rings (SSSR count). The molecule has 0 N–H and O–H groups in total. The van der Waals surface area contributed by atoms with Crippen molar-refractivity contribution in [2.24, 2.45) is 0 Å². The van der Waals surface area contributed by atoms with Gasteiger partial charge in [0.2, 0.25) is 0 Å². The lowest BCUT2D eigenvalue weighted by Gasteiger charge is -2.36. The molecule has 1 fully saturated rings. The van der Waals surface area contributed by atoms with Crippen LogP contribution in [0.4, 0.5) is 0 Å². The second-order valence-corrected chi connectivity index (χ2v) is 6.81. The third-order valence-electron chi connectivity index (χ3n) is 4.56. The number of amides is 1. The van der Waals surface area contributed by atoms with E-state index in [1.807, 2.05) is 48.6 Å². The summed E-state index contributed by atoms with van der Waals surface area (Å²) >= 11 is 0. The van der Waals surface area contributed by atoms with Gasteiger partial charge in [-0.3, -0.25) is 4.79 Å². The Bertz CT molecular complexity index is 726. The molecule has 0 saturated carbocycles. The number of hydrogen-bond donors (Lipinski definition) is 0. The summed E-state index contributed by atoms with van der Waals surface area (Å²) in [7, 11) is 1.65. The van der Waals surface area contributed by atoms with Crippen LogP contribution in [0.2, 0.25) is 0 Å². The lowest BCUT2D eigenvalue weighted by atomic mass is 10.1. The number of hydrogen-bond acceptors (Lipinski definition) is 4. The molecule has 2 heterocycles. The summed E-state index contributed by atoms with van der Waals surface area (Å²) in [6, 6.07) is 7.82. The highest BCUT2D eigenvalue weighted by atomic mass is 16.5. The van der Waals surface area contributed by atoms with Gasteiger partial charge >= 0.3 is 0 Å². The molecule has 2 unspecified atom stereocenters. The van der Waals surface area contributed by atoms with Gasteiger partial charge in [0.15, 0.2) is 0 Å². The number of carbonyl (C=O) groups is 1. The molecule has 1 aliphatic rings. The summed E-state index contributed by atoms with van der Waals surface area (Å²) in [4.78, 5) is 19.2. The van der Waals surface area contributed by atoms with Crippen molar-refractivity contribution in [2.45, 2.75) is 52.0 Å². The number of imidazole rings is 1. The molecule has 6 nitrogen and oxygen atoms in total. The van der Waals surface area contributed by atoms with Crippen molar-refractivity contribution < 1.29 is 14.3 Å². The number of nitrogens with zero attached hydrogens (tertiary/aromatic N) is 3. The molecule has 6 heteroatoms. The molecule has 1 aromatic heterocycles. The van der Waals surface area contributed by atoms with Gasteiger partial charge in [0.05, 0.1) is 25.2 Å². The van der Waals surface area contributed by atoms with Gasteiger partial charge in [-0.25, -0.2) is 4.98 Å². The Morgan fingerprint density at radius 1 is 1.31 bits per heavy atom. The summed E-state index contributed by atoms with van der Waals surface area (Å²) in [5.41, 5.74) is 1.98. The number of rotatable bonds is 7. The highest BCUT2D eigenvalue weighted by Crippen LogP contribution is 2.20. The molecule has 26 heavy (non-hydrogen) atoms. The number of methoxy groups -OCH3 is 1. The van der Waals surface area contributed by atoms with Crippen LogP contribution in [-0.2, 0) is 29.0 Å². The number of ether oxygens (including phenoxy) is 2. The molecule has 0 spiro atoms. The smallest absolute Gasteiger partial charge is 0.252 e. The maximum Gasteiger partial charge on any atom is 0.252 e. The topological polar surface area (TPSA) is 56.6 Å². The number of aryl methyl sites for hydroxylation is 1. The first kappa shape index (κ1) is 18.5. The van der Waals surface area contributed by atoms with Crippen LogP contribution in [0.25, 0.3) is 0 Å². The largest absolute Gasteiger partial charge is 0.497 e. The normalized spacial score (nSPS) is 20.4. The molecule has 1 aromatic carbocycles. The average Bonchev–Trinajstić information content (AvgIpc) is 3.07. The van der Waals surface area contributed by atoms with E-state index in [0.29, 0.717) is 19.5 Å². The zero-order chi connectivity index (χ0) is 18.5. The fourth-order valence-electron chi connectivity index (χ4n) is 3.30. The zero-order valence-corrected chi connectivity index (χ0v) is 15.7. The Morgan fingerprint density at radius 2 is 2.08 bits per heavy atom. The molecule has 0 aliphatic carbocycles. The van der Waals surface area contributed by atoms with E-state index in [4.69, 9.17) is 9.47 Å². The van der Waals surface area contributed by atoms with Crippen molar-refractivity contribution in [3.05, 3.63) is 48.0 Å². The maximum atomic E-state index is 12.9. The van der Waals surface area contributed by atoms with E-state index in [2.05, 4.69) is 16.5 Å². The minimum Gasteiger partial charge on any atom is -0.497 e. The molecule has 1 aliphatic heterocycles. The first-order valence-electron chi connectivity index (χ1n) is 9.17. The Balaban J connectivity index is 1.66. The quantitative estimate of drug-likeness (QED) is 0.764. The molecule has 2 atom stereocenters. The van der Waals surface area contributed by atoms with Crippen molar-refractivity contribution in [1.29, 1.82) is 0 Å². The van der Waals surface area contributed by atoms with Crippen LogP contribution in [0.15, 0.2) is 36.8 Å². The molecular weight excluding hydrogens is 330 g/mol. The Morgan fingerprint density at radius 3 is 2.77 bits per heavy atom. The van der Waals surface area contributed by atoms with Crippen molar-refractivity contribution >= 4 is 5.91 Å². The van der Waals surface area contributed by atoms with Crippen LogP contribution >= 0.6 is 0 Å². The van der Waals surface area contributed by atoms with Crippen molar-refractivity contribution in [3.8, 4) is 5.75 Å². The molecule has 140 valence electrons. The van der Waals surface area contributed by atoms with Crippen LogP contribution in [0.3, 0.4) is 0 Å². The summed E-state index contributed by atoms with van der Waals surface area (Å²) in [5, 5.41) is 0. The average molecular weight is 357 g/mol. The van der Waals surface area contributed by atoms with Crippen LogP contribution in [0.1, 0.15) is 31.5 Å². The van der Waals surface area contributed by atoms with Crippen molar-refractivity contribution in [2.75, 3.05) is 13.7 Å². The minimum atomic E-state index is -0.470. The third kappa shape index (κ3) is 4.43. The second-order valence-electron chi connectivity index (χ2n) is 6.81. The van der Waals surface area contributed by atoms with Gasteiger partial charge in [0.25, 0.3) is 5.91 Å². The number of morpholine rings is 1. The van der Waals surface area contributed by atoms with Gasteiger partial charge in [0.1, 0.15) is 11.9 Å². The van der Waals surface area contributed by atoms with Gasteiger partial charge in [-0.2, -0.15) is 0 Å². The zero-order valence-electron chi connectivity index (χ0n) is 15.7. The van der Waals surface area contributed by atoms with Crippen LogP contribution in [-0.4, -0.2) is 46.2 Å². The summed E-state index contributed by atoms with van der Waals surface area (Å²) < 4.78 is 13.2. The number of aromatic nitrogens is 2. The summed E-state index contributed by atoms with van der Waals surface area (Å²) in [6.07, 6.45) is 4.94. The van der Waals surface area contributed by atoms with Crippen LogP contribution < -0.4 is 4.74 Å². The Labute approximate surface area is 154 Å². The van der Waals surface area contributed by atoms with Gasteiger partial charge < -0.3 is 18.9 Å². The van der Waals surface area contributed by atoms with E-state index in [1.54, 1.807) is 7.11 Å². The van der Waals surface area contributed by atoms with E-state index in [9.17, 15) is 4.79 Å². The minimum absolute atomic E-state index is 0.00803. The number of carbonyl (C=O) groups excluding carboxylic acids is 1. The molecular formula is C20H27N3O3. The molecule has 1 saturated heterocycles. The van der Waals surface area contributed by atoms with Gasteiger partial charge in [0, 0.05) is 32.3 Å². The Kier molecular flexibility index (Phi) is 5.93. The van der Waals surface area contributed by atoms with E-state index >= 15 is 0 Å². The monoisotopic (exact) mass is 357 g/mol. The maximum absolute atomic E-state index is 12.9. The highest BCUT2D eigenvalue weighted by molar-refractivity contribution is 5.82. The lowest BCUT2D eigenvalue weighted by Crippen LogP contribution is -2.51. The van der Waals surface area contributed by atoms with Gasteiger partial charge in [-0.15, -0.1) is 0 Å². The number of benzene rings is 1. The molecule has 1 amide bonds. The fourth-order valence-corrected chi connectivity index (χ4v) is 3.30. The lowest BCUT2D eigenvalue weighted by molar-refractivity contribution is -0.161. The van der Waals surface area contributed by atoms with Crippen LogP contribution in [0, 0.1) is 0 Å². The predicted octanol–water partition coefficient (Wildman–Crippen LogP) is 2.66.